The van der Waals surface area contributed by atoms with Gasteiger partial charge in [-0.15, -0.1) is 0 Å². The second-order valence-corrected chi connectivity index (χ2v) is 9.89. The van der Waals surface area contributed by atoms with Crippen LogP contribution >= 0.6 is 11.8 Å². The van der Waals surface area contributed by atoms with Crippen molar-refractivity contribution in [1.82, 2.24) is 14.3 Å². The van der Waals surface area contributed by atoms with E-state index >= 15 is 0 Å². The SMILES string of the molecule is CSCCC(N)(C(=O)Oc1cn2ccccc2n1)c1ccc(NCCCN2CCCCC2)cc1. The van der Waals surface area contributed by atoms with Crippen LogP contribution in [0, 0.1) is 0 Å². The summed E-state index contributed by atoms with van der Waals surface area (Å²) in [4.78, 5) is 20.2. The van der Waals surface area contributed by atoms with Crippen LogP contribution in [0.15, 0.2) is 54.9 Å². The van der Waals surface area contributed by atoms with Gasteiger partial charge < -0.3 is 25.1 Å². The first-order valence-electron chi connectivity index (χ1n) is 12.1. The van der Waals surface area contributed by atoms with Crippen molar-refractivity contribution in [3.05, 3.63) is 60.4 Å². The van der Waals surface area contributed by atoms with Crippen molar-refractivity contribution in [3.8, 4) is 5.88 Å². The average Bonchev–Trinajstić information content (AvgIpc) is 3.28. The number of imidazole rings is 1. The number of aromatic nitrogens is 2. The van der Waals surface area contributed by atoms with Gasteiger partial charge in [0.1, 0.15) is 11.2 Å². The normalized spacial score (nSPS) is 16.3. The highest BCUT2D eigenvalue weighted by Crippen LogP contribution is 2.28. The Morgan fingerprint density at radius 1 is 1.18 bits per heavy atom. The maximum Gasteiger partial charge on any atom is 0.337 e. The van der Waals surface area contributed by atoms with Crippen LogP contribution in [0.4, 0.5) is 5.69 Å². The van der Waals surface area contributed by atoms with Crippen LogP contribution in [-0.4, -0.2) is 58.4 Å². The smallest absolute Gasteiger partial charge is 0.337 e. The summed E-state index contributed by atoms with van der Waals surface area (Å²) >= 11 is 1.66. The van der Waals surface area contributed by atoms with Gasteiger partial charge in [0.15, 0.2) is 0 Å². The number of nitrogens with two attached hydrogens (primary N) is 1. The lowest BCUT2D eigenvalue weighted by molar-refractivity contribution is -0.141. The number of benzene rings is 1. The van der Waals surface area contributed by atoms with Crippen LogP contribution in [0.1, 0.15) is 37.7 Å². The molecule has 0 aliphatic carbocycles. The number of nitrogens with zero attached hydrogens (tertiary/aromatic N) is 3. The van der Waals surface area contributed by atoms with E-state index in [9.17, 15) is 4.79 Å². The Morgan fingerprint density at radius 3 is 2.71 bits per heavy atom. The summed E-state index contributed by atoms with van der Waals surface area (Å²) in [6.45, 7) is 4.52. The molecule has 3 aromatic rings. The largest absolute Gasteiger partial charge is 0.404 e. The number of ether oxygens (including phenoxy) is 1. The number of carbonyl (C=O) groups is 1. The maximum absolute atomic E-state index is 13.2. The molecule has 182 valence electrons. The van der Waals surface area contributed by atoms with Gasteiger partial charge in [0.2, 0.25) is 5.88 Å². The minimum Gasteiger partial charge on any atom is -0.404 e. The molecular formula is C26H35N5O2S. The van der Waals surface area contributed by atoms with Gasteiger partial charge in [0.25, 0.3) is 0 Å². The summed E-state index contributed by atoms with van der Waals surface area (Å²) in [5, 5.41) is 3.49. The molecule has 1 unspecified atom stereocenters. The molecule has 0 amide bonds. The number of hydrogen-bond donors (Lipinski definition) is 2. The highest BCUT2D eigenvalue weighted by atomic mass is 32.2. The van der Waals surface area contributed by atoms with E-state index in [4.69, 9.17) is 10.5 Å². The topological polar surface area (TPSA) is 84.9 Å². The Bertz CT molecular complexity index is 1030. The highest BCUT2D eigenvalue weighted by Gasteiger charge is 2.38. The number of esters is 1. The molecule has 0 spiro atoms. The Hall–Kier alpha value is -2.55. The van der Waals surface area contributed by atoms with E-state index < -0.39 is 11.5 Å². The molecule has 7 nitrogen and oxygen atoms in total. The third-order valence-electron chi connectivity index (χ3n) is 6.43. The highest BCUT2D eigenvalue weighted by molar-refractivity contribution is 7.98. The lowest BCUT2D eigenvalue weighted by atomic mass is 9.88. The number of anilines is 1. The lowest BCUT2D eigenvalue weighted by Crippen LogP contribution is -2.48. The van der Waals surface area contributed by atoms with Crippen LogP contribution in [0.2, 0.25) is 0 Å². The molecule has 1 atom stereocenters. The molecule has 1 fully saturated rings. The zero-order chi connectivity index (χ0) is 23.8. The molecule has 1 saturated heterocycles. The number of rotatable bonds is 11. The number of fused-ring (bicyclic) bond motifs is 1. The Labute approximate surface area is 206 Å². The van der Waals surface area contributed by atoms with Crippen LogP contribution in [-0.2, 0) is 10.3 Å². The molecule has 4 rings (SSSR count). The van der Waals surface area contributed by atoms with E-state index in [-0.39, 0.29) is 5.88 Å². The zero-order valence-corrected chi connectivity index (χ0v) is 20.7. The van der Waals surface area contributed by atoms with Crippen molar-refractivity contribution >= 4 is 29.1 Å². The van der Waals surface area contributed by atoms with Gasteiger partial charge in [-0.1, -0.05) is 24.6 Å². The van der Waals surface area contributed by atoms with Crippen LogP contribution in [0.5, 0.6) is 5.88 Å². The number of carbonyl (C=O) groups excluding carboxylic acids is 1. The van der Waals surface area contributed by atoms with E-state index in [1.165, 1.54) is 32.4 Å². The Balaban J connectivity index is 1.38. The maximum atomic E-state index is 13.2. The summed E-state index contributed by atoms with van der Waals surface area (Å²) in [5.41, 5.74) is 7.94. The Kier molecular flexibility index (Phi) is 8.48. The average molecular weight is 482 g/mol. The first kappa shape index (κ1) is 24.6. The molecule has 0 bridgehead atoms. The molecule has 0 radical (unpaired) electrons. The van der Waals surface area contributed by atoms with Gasteiger partial charge in [0, 0.05) is 18.4 Å². The van der Waals surface area contributed by atoms with Gasteiger partial charge in [-0.2, -0.15) is 16.7 Å². The first-order valence-corrected chi connectivity index (χ1v) is 13.5. The minimum atomic E-state index is -1.24. The second kappa shape index (κ2) is 11.7. The summed E-state index contributed by atoms with van der Waals surface area (Å²) in [6, 6.07) is 13.5. The van der Waals surface area contributed by atoms with Crippen molar-refractivity contribution in [2.75, 3.05) is 43.5 Å². The molecule has 0 saturated carbocycles. The van der Waals surface area contributed by atoms with Gasteiger partial charge in [0.05, 0.1) is 6.20 Å². The molecule has 1 aliphatic rings. The molecule has 3 heterocycles. The fraction of sp³-hybridized carbons (Fsp3) is 0.462. The summed E-state index contributed by atoms with van der Waals surface area (Å²) in [7, 11) is 0. The molecule has 3 N–H and O–H groups in total. The summed E-state index contributed by atoms with van der Waals surface area (Å²) < 4.78 is 7.47. The quantitative estimate of drug-likeness (QED) is 0.315. The van der Waals surface area contributed by atoms with Gasteiger partial charge >= 0.3 is 5.97 Å². The first-order chi connectivity index (χ1) is 16.6. The third kappa shape index (κ3) is 6.11. The van der Waals surface area contributed by atoms with Crippen LogP contribution in [0.3, 0.4) is 0 Å². The molecule has 1 aromatic carbocycles. The molecular weight excluding hydrogens is 446 g/mol. The summed E-state index contributed by atoms with van der Waals surface area (Å²) in [6.07, 6.45) is 11.2. The second-order valence-electron chi connectivity index (χ2n) is 8.91. The number of piperidine rings is 1. The van der Waals surface area contributed by atoms with Crippen molar-refractivity contribution in [2.24, 2.45) is 5.73 Å². The minimum absolute atomic E-state index is 0.252. The van der Waals surface area contributed by atoms with E-state index in [1.54, 1.807) is 18.0 Å². The van der Waals surface area contributed by atoms with Crippen molar-refractivity contribution in [3.63, 3.8) is 0 Å². The molecule has 2 aromatic heterocycles. The van der Waals surface area contributed by atoms with Gasteiger partial charge in [-0.3, -0.25) is 0 Å². The molecule has 8 heteroatoms. The molecule has 1 aliphatic heterocycles. The lowest BCUT2D eigenvalue weighted by Gasteiger charge is -2.27. The number of nitrogens with one attached hydrogen (secondary N) is 1. The van der Waals surface area contributed by atoms with Gasteiger partial charge in [-0.05, 0) is 87.2 Å². The van der Waals surface area contributed by atoms with E-state index in [2.05, 4.69) is 15.2 Å². The van der Waals surface area contributed by atoms with E-state index in [1.807, 2.05) is 59.3 Å². The van der Waals surface area contributed by atoms with E-state index in [0.29, 0.717) is 12.1 Å². The number of pyridine rings is 1. The van der Waals surface area contributed by atoms with Crippen molar-refractivity contribution in [1.29, 1.82) is 0 Å². The predicted molar refractivity (Wildman–Crippen MR) is 140 cm³/mol. The standard InChI is InChI=1S/C26H35N5O2S/c1-34-19-13-26(27,25(32)33-24-20-31-18-6-3-8-23(31)29-24)21-9-11-22(12-10-21)28-14-7-17-30-15-4-2-5-16-30/h3,6,8-12,18,20,28H,2,4-5,7,13-17,19,27H2,1H3. The number of hydrogen-bond acceptors (Lipinski definition) is 7. The van der Waals surface area contributed by atoms with Crippen LogP contribution < -0.4 is 15.8 Å². The Morgan fingerprint density at radius 2 is 1.97 bits per heavy atom. The molecule has 34 heavy (non-hydrogen) atoms. The van der Waals surface area contributed by atoms with E-state index in [0.717, 1.165) is 36.5 Å². The van der Waals surface area contributed by atoms with Crippen molar-refractivity contribution in [2.45, 2.75) is 37.6 Å². The summed E-state index contributed by atoms with van der Waals surface area (Å²) in [5.74, 6) is 0.502. The zero-order valence-electron chi connectivity index (χ0n) is 19.9. The number of thioether (sulfide) groups is 1. The fourth-order valence-electron chi connectivity index (χ4n) is 4.38. The van der Waals surface area contributed by atoms with Gasteiger partial charge in [-0.25, -0.2) is 4.79 Å². The monoisotopic (exact) mass is 481 g/mol. The third-order valence-corrected chi connectivity index (χ3v) is 7.05. The van der Waals surface area contributed by atoms with Crippen molar-refractivity contribution < 1.29 is 9.53 Å². The van der Waals surface area contributed by atoms with Crippen LogP contribution in [0.25, 0.3) is 5.65 Å². The fourth-order valence-corrected chi connectivity index (χ4v) is 4.90. The number of likely N-dealkylation sites (tertiary alicyclic amines) is 1. The predicted octanol–water partition coefficient (Wildman–Crippen LogP) is 4.13.